The average molecular weight is 538 g/mol. The van der Waals surface area contributed by atoms with Crippen LogP contribution in [0.5, 0.6) is 0 Å². The maximum Gasteiger partial charge on any atom is 0.449 e. The maximum absolute atomic E-state index is 15.2. The molecule has 1 heterocycles. The number of ether oxygens (including phenoxy) is 1. The fourth-order valence-electron chi connectivity index (χ4n) is 4.09. The molecule has 0 N–H and O–H groups in total. The van der Waals surface area contributed by atoms with Crippen LogP contribution in [0.15, 0.2) is 77.7 Å². The number of carbonyl (C=O) groups is 1. The van der Waals surface area contributed by atoms with E-state index < -0.39 is 50.3 Å². The number of alkyl halides is 3. The van der Waals surface area contributed by atoms with Crippen molar-refractivity contribution in [1.29, 1.82) is 0 Å². The van der Waals surface area contributed by atoms with Crippen LogP contribution in [-0.4, -0.2) is 24.9 Å². The molecule has 3 aromatic rings. The van der Waals surface area contributed by atoms with Gasteiger partial charge in [-0.3, -0.25) is 0 Å². The summed E-state index contributed by atoms with van der Waals surface area (Å²) in [4.78, 5) is 12.5. The molecule has 10 heteroatoms. The molecule has 0 aromatic heterocycles. The molecule has 0 saturated carbocycles. The topological polar surface area (TPSA) is 63.7 Å². The molecular formula is C26H23ClF3NO4S. The summed E-state index contributed by atoms with van der Waals surface area (Å²) in [6.07, 6.45) is -5.32. The zero-order valence-electron chi connectivity index (χ0n) is 19.6. The number of benzene rings is 3. The molecule has 0 aliphatic carbocycles. The number of hydrogen-bond acceptors (Lipinski definition) is 4. The summed E-state index contributed by atoms with van der Waals surface area (Å²) in [5.41, 5.74) is -4.31. The van der Waals surface area contributed by atoms with Gasteiger partial charge in [-0.25, -0.2) is 13.2 Å². The molecule has 3 aromatic carbocycles. The quantitative estimate of drug-likeness (QED) is 0.361. The predicted octanol–water partition coefficient (Wildman–Crippen LogP) is 6.41. The van der Waals surface area contributed by atoms with Gasteiger partial charge in [-0.2, -0.15) is 13.2 Å². The molecule has 0 saturated heterocycles. The van der Waals surface area contributed by atoms with E-state index in [1.165, 1.54) is 48.5 Å². The fraction of sp³-hybridized carbons (Fsp3) is 0.269. The second-order valence-corrected chi connectivity index (χ2v) is 11.8. The molecule has 1 aliphatic rings. The van der Waals surface area contributed by atoms with Gasteiger partial charge < -0.3 is 4.74 Å². The van der Waals surface area contributed by atoms with E-state index in [-0.39, 0.29) is 14.9 Å². The predicted molar refractivity (Wildman–Crippen MR) is 129 cm³/mol. The van der Waals surface area contributed by atoms with Crippen LogP contribution in [0.4, 0.5) is 13.2 Å². The van der Waals surface area contributed by atoms with E-state index in [0.29, 0.717) is 11.1 Å². The van der Waals surface area contributed by atoms with Gasteiger partial charge >= 0.3 is 17.9 Å². The summed E-state index contributed by atoms with van der Waals surface area (Å²) >= 11 is 5.84. The van der Waals surface area contributed by atoms with Crippen molar-refractivity contribution in [3.05, 3.63) is 100 Å². The minimum atomic E-state index is -5.32. The minimum absolute atomic E-state index is 0.208. The van der Waals surface area contributed by atoms with E-state index in [0.717, 1.165) is 6.07 Å². The van der Waals surface area contributed by atoms with E-state index in [2.05, 4.69) is 0 Å². The zero-order chi connectivity index (χ0) is 26.5. The van der Waals surface area contributed by atoms with Crippen LogP contribution in [0, 0.1) is 0 Å². The number of sulfonamides is 1. The average Bonchev–Trinajstić information content (AvgIpc) is 2.98. The first-order valence-electron chi connectivity index (χ1n) is 11.0. The second-order valence-electron chi connectivity index (χ2n) is 9.50. The Balaban J connectivity index is 1.99. The lowest BCUT2D eigenvalue weighted by Gasteiger charge is -2.38. The van der Waals surface area contributed by atoms with Crippen molar-refractivity contribution in [2.24, 2.45) is 0 Å². The molecule has 0 amide bonds. The summed E-state index contributed by atoms with van der Waals surface area (Å²) in [6, 6.07) is 16.7. The Labute approximate surface area is 212 Å². The van der Waals surface area contributed by atoms with Crippen LogP contribution in [0.25, 0.3) is 0 Å². The van der Waals surface area contributed by atoms with Gasteiger partial charge in [0.1, 0.15) is 0 Å². The molecule has 1 aliphatic heterocycles. The Kier molecular flexibility index (Phi) is 6.47. The van der Waals surface area contributed by atoms with Gasteiger partial charge in [0, 0.05) is 17.1 Å². The van der Waals surface area contributed by atoms with Crippen LogP contribution >= 0.6 is 11.6 Å². The van der Waals surface area contributed by atoms with Crippen molar-refractivity contribution in [1.82, 2.24) is 4.31 Å². The number of nitrogens with zero attached hydrogens (tertiary/aromatic N) is 1. The first-order chi connectivity index (χ1) is 16.7. The summed E-state index contributed by atoms with van der Waals surface area (Å²) in [5, 5.41) is 0.270. The Morgan fingerprint density at radius 1 is 0.972 bits per heavy atom. The van der Waals surface area contributed by atoms with Gasteiger partial charge in [0.25, 0.3) is 0 Å². The standard InChI is InChI=1S/C26H23ClF3NO4S/c1-24(2,3)19-11-14-22-21(15-19)25(26(28,29)30,35-23(32)18-9-12-20(27)13-10-18)31(36(22,33)34)16-17-7-5-4-6-8-17/h4-15H,16H2,1-3H3/t25-/m1/s1. The molecule has 1 atom stereocenters. The summed E-state index contributed by atoms with van der Waals surface area (Å²) in [7, 11) is -4.72. The Bertz CT molecular complexity index is 1400. The highest BCUT2D eigenvalue weighted by Gasteiger charge is 2.72. The van der Waals surface area contributed by atoms with Crippen LogP contribution in [0.2, 0.25) is 5.02 Å². The lowest BCUT2D eigenvalue weighted by atomic mass is 9.84. The molecule has 0 fully saturated rings. The molecule has 0 unspecified atom stereocenters. The number of rotatable bonds is 4. The van der Waals surface area contributed by atoms with Gasteiger partial charge in [-0.1, -0.05) is 68.8 Å². The van der Waals surface area contributed by atoms with E-state index in [9.17, 15) is 13.2 Å². The van der Waals surface area contributed by atoms with Gasteiger partial charge in [0.15, 0.2) is 0 Å². The van der Waals surface area contributed by atoms with Crippen LogP contribution in [0.3, 0.4) is 0 Å². The minimum Gasteiger partial charge on any atom is -0.425 e. The lowest BCUT2D eigenvalue weighted by molar-refractivity contribution is -0.303. The van der Waals surface area contributed by atoms with E-state index in [1.54, 1.807) is 39.0 Å². The lowest BCUT2D eigenvalue weighted by Crippen LogP contribution is -2.56. The smallest absolute Gasteiger partial charge is 0.425 e. The number of esters is 1. The van der Waals surface area contributed by atoms with Crippen molar-refractivity contribution in [2.45, 2.75) is 49.5 Å². The van der Waals surface area contributed by atoms with Crippen LogP contribution < -0.4 is 0 Å². The molecule has 4 rings (SSSR count). The number of carbonyl (C=O) groups excluding carboxylic acids is 1. The molecule has 190 valence electrons. The SMILES string of the molecule is CC(C)(C)c1ccc2c(c1)[C@@](OC(=O)c1ccc(Cl)cc1)(C(F)(F)F)N(Cc1ccccc1)S2(=O)=O. The Morgan fingerprint density at radius 3 is 2.14 bits per heavy atom. The van der Waals surface area contributed by atoms with Gasteiger partial charge in [-0.05, 0) is 52.9 Å². The largest absolute Gasteiger partial charge is 0.449 e. The number of halogens is 4. The highest BCUT2D eigenvalue weighted by Crippen LogP contribution is 2.55. The Morgan fingerprint density at radius 2 is 1.58 bits per heavy atom. The van der Waals surface area contributed by atoms with Crippen molar-refractivity contribution in [3.8, 4) is 0 Å². The summed E-state index contributed by atoms with van der Waals surface area (Å²) in [5.74, 6) is -1.34. The van der Waals surface area contributed by atoms with E-state index in [1.807, 2.05) is 0 Å². The molecule has 36 heavy (non-hydrogen) atoms. The van der Waals surface area contributed by atoms with Crippen molar-refractivity contribution in [3.63, 3.8) is 0 Å². The fourth-order valence-corrected chi connectivity index (χ4v) is 6.07. The Hall–Kier alpha value is -2.88. The monoisotopic (exact) mass is 537 g/mol. The normalized spacial score (nSPS) is 19.6. The molecular weight excluding hydrogens is 515 g/mol. The number of hydrogen-bond donors (Lipinski definition) is 0. The van der Waals surface area contributed by atoms with Crippen molar-refractivity contribution in [2.75, 3.05) is 0 Å². The second kappa shape index (κ2) is 8.90. The maximum atomic E-state index is 15.2. The van der Waals surface area contributed by atoms with Crippen LogP contribution in [-0.2, 0) is 32.4 Å². The molecule has 0 bridgehead atoms. The molecule has 5 nitrogen and oxygen atoms in total. The van der Waals surface area contributed by atoms with E-state index in [4.69, 9.17) is 16.3 Å². The van der Waals surface area contributed by atoms with Gasteiger partial charge in [-0.15, -0.1) is 4.31 Å². The highest BCUT2D eigenvalue weighted by molar-refractivity contribution is 7.89. The first-order valence-corrected chi connectivity index (χ1v) is 12.8. The highest BCUT2D eigenvalue weighted by atomic mass is 35.5. The van der Waals surface area contributed by atoms with Gasteiger partial charge in [0.05, 0.1) is 10.5 Å². The number of fused-ring (bicyclic) bond motifs is 1. The molecule has 0 spiro atoms. The summed E-state index contributed by atoms with van der Waals surface area (Å²) in [6.45, 7) is 4.69. The third-order valence-corrected chi connectivity index (χ3v) is 8.13. The summed E-state index contributed by atoms with van der Waals surface area (Å²) < 4.78 is 78.1. The first kappa shape index (κ1) is 26.2. The van der Waals surface area contributed by atoms with Crippen molar-refractivity contribution >= 4 is 27.6 Å². The third kappa shape index (κ3) is 4.40. The van der Waals surface area contributed by atoms with E-state index >= 15 is 13.2 Å². The zero-order valence-corrected chi connectivity index (χ0v) is 21.2. The van der Waals surface area contributed by atoms with Gasteiger partial charge in [0.2, 0.25) is 10.0 Å². The van der Waals surface area contributed by atoms with Crippen LogP contribution in [0.1, 0.15) is 47.8 Å². The molecule has 0 radical (unpaired) electrons. The van der Waals surface area contributed by atoms with Crippen molar-refractivity contribution < 1.29 is 31.1 Å². The third-order valence-electron chi connectivity index (χ3n) is 6.00.